The quantitative estimate of drug-likeness (QED) is 0.471. The van der Waals surface area contributed by atoms with E-state index in [1.807, 2.05) is 32.9 Å². The van der Waals surface area contributed by atoms with Crippen molar-refractivity contribution in [3.05, 3.63) is 63.7 Å². The van der Waals surface area contributed by atoms with E-state index >= 15 is 0 Å². The Labute approximate surface area is 135 Å². The lowest BCUT2D eigenvalue weighted by atomic mass is 10.0. The third-order valence-corrected chi connectivity index (χ3v) is 4.58. The summed E-state index contributed by atoms with van der Waals surface area (Å²) in [5.74, 6) is 0.371. The summed E-state index contributed by atoms with van der Waals surface area (Å²) < 4.78 is 30.0. The minimum Gasteiger partial charge on any atom is -0.379 e. The molecule has 0 aromatic heterocycles. The topological polar surface area (TPSA) is 86.5 Å². The highest BCUT2D eigenvalue weighted by Gasteiger charge is 2.20. The summed E-state index contributed by atoms with van der Waals surface area (Å²) in [7, 11) is -4.05. The van der Waals surface area contributed by atoms with E-state index in [0.29, 0.717) is 0 Å². The predicted molar refractivity (Wildman–Crippen MR) is 86.2 cm³/mol. The molecule has 7 heteroatoms. The normalized spacial score (nSPS) is 11.5. The van der Waals surface area contributed by atoms with E-state index in [0.717, 1.165) is 35.4 Å². The Bertz CT molecular complexity index is 826. The molecule has 2 rings (SSSR count). The van der Waals surface area contributed by atoms with Gasteiger partial charge in [0.2, 0.25) is 0 Å². The molecule has 122 valence electrons. The van der Waals surface area contributed by atoms with Crippen molar-refractivity contribution in [3.63, 3.8) is 0 Å². The first kappa shape index (κ1) is 17.0. The lowest BCUT2D eigenvalue weighted by molar-refractivity contribution is -0.384. The fraction of sp³-hybridized carbons (Fsp3) is 0.250. The smallest absolute Gasteiger partial charge is 0.339 e. The molecule has 0 aliphatic heterocycles. The van der Waals surface area contributed by atoms with Crippen LogP contribution in [0.1, 0.15) is 30.9 Å². The zero-order chi connectivity index (χ0) is 17.2. The maximum atomic E-state index is 12.4. The molecule has 0 N–H and O–H groups in total. The Morgan fingerprint density at radius 1 is 1.09 bits per heavy atom. The van der Waals surface area contributed by atoms with Gasteiger partial charge in [0.25, 0.3) is 5.69 Å². The van der Waals surface area contributed by atoms with Crippen LogP contribution in [0.15, 0.2) is 47.4 Å². The van der Waals surface area contributed by atoms with Crippen LogP contribution in [0.2, 0.25) is 0 Å². The summed E-state index contributed by atoms with van der Waals surface area (Å²) in [4.78, 5) is 9.92. The number of nitro benzene ring substituents is 1. The monoisotopic (exact) mass is 335 g/mol. The molecule has 0 amide bonds. The van der Waals surface area contributed by atoms with Gasteiger partial charge in [-0.2, -0.15) is 8.42 Å². The second kappa shape index (κ2) is 6.37. The van der Waals surface area contributed by atoms with Crippen molar-refractivity contribution in [3.8, 4) is 5.75 Å². The summed E-state index contributed by atoms with van der Waals surface area (Å²) in [6.07, 6.45) is 0. The van der Waals surface area contributed by atoms with Crippen molar-refractivity contribution < 1.29 is 17.5 Å². The third-order valence-electron chi connectivity index (χ3n) is 3.33. The van der Waals surface area contributed by atoms with Crippen LogP contribution in [0.3, 0.4) is 0 Å². The standard InChI is InChI=1S/C16H17NO5S/c1-11(2)15-9-4-12(3)10-16(15)22-23(20,21)14-7-5-13(6-8-14)17(18)19/h4-11H,1-3H3. The van der Waals surface area contributed by atoms with Gasteiger partial charge in [0.05, 0.1) is 4.92 Å². The van der Waals surface area contributed by atoms with Crippen molar-refractivity contribution in [1.82, 2.24) is 0 Å². The van der Waals surface area contributed by atoms with Gasteiger partial charge in [-0.3, -0.25) is 10.1 Å². The van der Waals surface area contributed by atoms with Gasteiger partial charge in [-0.1, -0.05) is 26.0 Å². The Hall–Kier alpha value is -2.41. The van der Waals surface area contributed by atoms with Gasteiger partial charge in [-0.05, 0) is 42.2 Å². The van der Waals surface area contributed by atoms with Crippen molar-refractivity contribution in [2.75, 3.05) is 0 Å². The first-order valence-electron chi connectivity index (χ1n) is 7.00. The molecule has 0 spiro atoms. The van der Waals surface area contributed by atoms with Crippen molar-refractivity contribution in [2.45, 2.75) is 31.6 Å². The highest BCUT2D eigenvalue weighted by molar-refractivity contribution is 7.87. The lowest BCUT2D eigenvalue weighted by Crippen LogP contribution is -2.11. The van der Waals surface area contributed by atoms with Crippen molar-refractivity contribution in [2.24, 2.45) is 0 Å². The van der Waals surface area contributed by atoms with Crippen molar-refractivity contribution >= 4 is 15.8 Å². The first-order chi connectivity index (χ1) is 10.7. The summed E-state index contributed by atoms with van der Waals surface area (Å²) in [6, 6.07) is 9.99. The summed E-state index contributed by atoms with van der Waals surface area (Å²) in [5, 5.41) is 10.6. The number of aryl methyl sites for hydroxylation is 1. The Morgan fingerprint density at radius 3 is 2.22 bits per heavy atom. The van der Waals surface area contributed by atoms with Gasteiger partial charge in [-0.25, -0.2) is 0 Å². The molecular formula is C16H17NO5S. The molecule has 0 fully saturated rings. The zero-order valence-electron chi connectivity index (χ0n) is 13.0. The number of nitro groups is 1. The van der Waals surface area contributed by atoms with Crippen LogP contribution >= 0.6 is 0 Å². The molecule has 2 aromatic carbocycles. The molecule has 0 saturated heterocycles. The Morgan fingerprint density at radius 2 is 1.70 bits per heavy atom. The van der Waals surface area contributed by atoms with E-state index in [2.05, 4.69) is 0 Å². The van der Waals surface area contributed by atoms with Gasteiger partial charge in [0.15, 0.2) is 0 Å². The van der Waals surface area contributed by atoms with Gasteiger partial charge in [-0.15, -0.1) is 0 Å². The molecule has 0 saturated carbocycles. The lowest BCUT2D eigenvalue weighted by Gasteiger charge is -2.14. The number of nitrogens with zero attached hydrogens (tertiary/aromatic N) is 1. The molecular weight excluding hydrogens is 318 g/mol. The number of hydrogen-bond donors (Lipinski definition) is 0. The second-order valence-electron chi connectivity index (χ2n) is 5.48. The summed E-state index contributed by atoms with van der Waals surface area (Å²) in [6.45, 7) is 5.72. The van der Waals surface area contributed by atoms with Crippen LogP contribution < -0.4 is 4.18 Å². The molecule has 0 bridgehead atoms. The van der Waals surface area contributed by atoms with E-state index in [4.69, 9.17) is 4.18 Å². The van der Waals surface area contributed by atoms with Crippen LogP contribution in [-0.4, -0.2) is 13.3 Å². The van der Waals surface area contributed by atoms with E-state index < -0.39 is 15.0 Å². The average molecular weight is 335 g/mol. The first-order valence-corrected chi connectivity index (χ1v) is 8.41. The van der Waals surface area contributed by atoms with Gasteiger partial charge >= 0.3 is 10.1 Å². The van der Waals surface area contributed by atoms with Crippen molar-refractivity contribution in [1.29, 1.82) is 0 Å². The number of hydrogen-bond acceptors (Lipinski definition) is 5. The fourth-order valence-electron chi connectivity index (χ4n) is 2.09. The molecule has 2 aromatic rings. The van der Waals surface area contributed by atoms with Crippen LogP contribution in [0.5, 0.6) is 5.75 Å². The highest BCUT2D eigenvalue weighted by atomic mass is 32.2. The largest absolute Gasteiger partial charge is 0.379 e. The molecule has 0 heterocycles. The van der Waals surface area contributed by atoms with Gasteiger partial charge < -0.3 is 4.18 Å². The van der Waals surface area contributed by atoms with Crippen LogP contribution in [0.4, 0.5) is 5.69 Å². The molecule has 23 heavy (non-hydrogen) atoms. The van der Waals surface area contributed by atoms with E-state index in [1.165, 1.54) is 0 Å². The zero-order valence-corrected chi connectivity index (χ0v) is 13.8. The van der Waals surface area contributed by atoms with E-state index in [9.17, 15) is 18.5 Å². The van der Waals surface area contributed by atoms with Gasteiger partial charge in [0, 0.05) is 12.1 Å². The van der Waals surface area contributed by atoms with E-state index in [-0.39, 0.29) is 22.3 Å². The summed E-state index contributed by atoms with van der Waals surface area (Å²) >= 11 is 0. The maximum Gasteiger partial charge on any atom is 0.339 e. The Balaban J connectivity index is 2.38. The minimum atomic E-state index is -4.05. The maximum absolute atomic E-state index is 12.4. The van der Waals surface area contributed by atoms with Crippen LogP contribution in [-0.2, 0) is 10.1 Å². The van der Waals surface area contributed by atoms with Crippen LogP contribution in [0, 0.1) is 17.0 Å². The average Bonchev–Trinajstić information content (AvgIpc) is 2.46. The highest BCUT2D eigenvalue weighted by Crippen LogP contribution is 2.30. The van der Waals surface area contributed by atoms with Crippen LogP contribution in [0.25, 0.3) is 0 Å². The molecule has 0 radical (unpaired) electrons. The number of non-ortho nitro benzene ring substituents is 1. The second-order valence-corrected chi connectivity index (χ2v) is 7.03. The van der Waals surface area contributed by atoms with E-state index in [1.54, 1.807) is 6.07 Å². The number of rotatable bonds is 5. The Kier molecular flexibility index (Phi) is 4.70. The predicted octanol–water partition coefficient (Wildman–Crippen LogP) is 3.79. The fourth-order valence-corrected chi connectivity index (χ4v) is 3.04. The molecule has 0 unspecified atom stereocenters. The molecule has 6 nitrogen and oxygen atoms in total. The van der Waals surface area contributed by atoms with Gasteiger partial charge in [0.1, 0.15) is 10.6 Å². The SMILES string of the molecule is Cc1ccc(C(C)C)c(OS(=O)(=O)c2ccc([N+](=O)[O-])cc2)c1. The number of benzene rings is 2. The molecule has 0 aliphatic rings. The molecule has 0 atom stereocenters. The summed E-state index contributed by atoms with van der Waals surface area (Å²) in [5.41, 5.74) is 1.48. The minimum absolute atomic E-state index is 0.0951. The molecule has 0 aliphatic carbocycles. The third kappa shape index (κ3) is 3.87.